The Morgan fingerprint density at radius 1 is 1.33 bits per heavy atom. The monoisotopic (exact) mass is 386 g/mol. The minimum atomic E-state index is -0.900. The van der Waals surface area contributed by atoms with Crippen LogP contribution < -0.4 is 0 Å². The van der Waals surface area contributed by atoms with Gasteiger partial charge in [0.15, 0.2) is 11.8 Å². The Balaban J connectivity index is 1.59. The van der Waals surface area contributed by atoms with Crippen LogP contribution in [0.5, 0.6) is 0 Å². The van der Waals surface area contributed by atoms with Crippen molar-refractivity contribution in [1.82, 2.24) is 20.1 Å². The summed E-state index contributed by atoms with van der Waals surface area (Å²) in [6.45, 7) is 3.97. The van der Waals surface area contributed by atoms with Crippen molar-refractivity contribution in [3.63, 3.8) is 0 Å². The van der Waals surface area contributed by atoms with Gasteiger partial charge in [0, 0.05) is 12.7 Å². The molecule has 142 valence electrons. The Hall–Kier alpha value is -2.74. The highest BCUT2D eigenvalue weighted by Gasteiger charge is 2.24. The molecular formula is C19H22N4O3S. The standard InChI is InChI=1S/C19H22N4O3S/c1-4-7-13-10-15(22-21-13)19(25)26-12(2)18(24)23(3)11-17-20-14-8-5-6-9-16(14)27-17/h5-6,8-10,12H,4,7,11H2,1-3H3,(H,21,22). The van der Waals surface area contributed by atoms with Gasteiger partial charge in [-0.25, -0.2) is 9.78 Å². The average Bonchev–Trinajstić information content (AvgIpc) is 3.27. The third-order valence-electron chi connectivity index (χ3n) is 4.08. The highest BCUT2D eigenvalue weighted by molar-refractivity contribution is 7.18. The van der Waals surface area contributed by atoms with Gasteiger partial charge in [-0.1, -0.05) is 25.5 Å². The summed E-state index contributed by atoms with van der Waals surface area (Å²) in [7, 11) is 1.67. The van der Waals surface area contributed by atoms with Crippen molar-refractivity contribution in [2.24, 2.45) is 0 Å². The van der Waals surface area contributed by atoms with Crippen molar-refractivity contribution < 1.29 is 14.3 Å². The third kappa shape index (κ3) is 4.51. The lowest BCUT2D eigenvalue weighted by Crippen LogP contribution is -2.37. The maximum absolute atomic E-state index is 12.5. The Kier molecular flexibility index (Phi) is 5.85. The van der Waals surface area contributed by atoms with Gasteiger partial charge in [-0.05, 0) is 31.5 Å². The highest BCUT2D eigenvalue weighted by Crippen LogP contribution is 2.22. The van der Waals surface area contributed by atoms with E-state index in [-0.39, 0.29) is 11.6 Å². The van der Waals surface area contributed by atoms with Crippen LogP contribution in [-0.4, -0.2) is 45.1 Å². The van der Waals surface area contributed by atoms with E-state index in [0.29, 0.717) is 6.54 Å². The number of carbonyl (C=O) groups excluding carboxylic acids is 2. The van der Waals surface area contributed by atoms with Gasteiger partial charge < -0.3 is 9.64 Å². The number of rotatable bonds is 7. The van der Waals surface area contributed by atoms with E-state index < -0.39 is 12.1 Å². The molecule has 1 amide bonds. The Morgan fingerprint density at radius 3 is 2.85 bits per heavy atom. The van der Waals surface area contributed by atoms with Crippen LogP contribution in [0.1, 0.15) is 41.5 Å². The second-order valence-electron chi connectivity index (χ2n) is 6.35. The second kappa shape index (κ2) is 8.30. The number of nitrogens with zero attached hydrogens (tertiary/aromatic N) is 3. The first-order valence-corrected chi connectivity index (χ1v) is 9.64. The van der Waals surface area contributed by atoms with E-state index in [2.05, 4.69) is 15.2 Å². The Bertz CT molecular complexity index is 916. The summed E-state index contributed by atoms with van der Waals surface area (Å²) >= 11 is 1.55. The number of aromatic amines is 1. The fourth-order valence-electron chi connectivity index (χ4n) is 2.71. The van der Waals surface area contributed by atoms with Crippen LogP contribution >= 0.6 is 11.3 Å². The summed E-state index contributed by atoms with van der Waals surface area (Å²) in [4.78, 5) is 30.8. The molecule has 27 heavy (non-hydrogen) atoms. The zero-order valence-electron chi connectivity index (χ0n) is 15.6. The van der Waals surface area contributed by atoms with Crippen LogP contribution in [0.4, 0.5) is 0 Å². The van der Waals surface area contributed by atoms with Gasteiger partial charge in [-0.3, -0.25) is 9.89 Å². The molecule has 1 aromatic carbocycles. The second-order valence-corrected chi connectivity index (χ2v) is 7.46. The fraction of sp³-hybridized carbons (Fsp3) is 0.368. The van der Waals surface area contributed by atoms with Crippen LogP contribution in [0.3, 0.4) is 0 Å². The zero-order chi connectivity index (χ0) is 19.4. The minimum Gasteiger partial charge on any atom is -0.448 e. The first-order chi connectivity index (χ1) is 13.0. The molecule has 0 aliphatic heterocycles. The number of thiazole rings is 1. The van der Waals surface area contributed by atoms with Gasteiger partial charge in [-0.2, -0.15) is 5.10 Å². The molecular weight excluding hydrogens is 364 g/mol. The van der Waals surface area contributed by atoms with Crippen LogP contribution in [0.25, 0.3) is 10.2 Å². The van der Waals surface area contributed by atoms with Crippen LogP contribution in [0.15, 0.2) is 30.3 Å². The minimum absolute atomic E-state index is 0.187. The molecule has 0 spiro atoms. The van der Waals surface area contributed by atoms with Crippen molar-refractivity contribution in [3.8, 4) is 0 Å². The number of likely N-dealkylation sites (N-methyl/N-ethyl adjacent to an activating group) is 1. The fourth-order valence-corrected chi connectivity index (χ4v) is 3.73. The van der Waals surface area contributed by atoms with Crippen molar-refractivity contribution in [3.05, 3.63) is 46.7 Å². The first-order valence-electron chi connectivity index (χ1n) is 8.82. The highest BCUT2D eigenvalue weighted by atomic mass is 32.1. The van der Waals surface area contributed by atoms with Gasteiger partial charge in [0.1, 0.15) is 5.01 Å². The summed E-state index contributed by atoms with van der Waals surface area (Å²) in [5, 5.41) is 7.59. The maximum Gasteiger partial charge on any atom is 0.359 e. The molecule has 0 bridgehead atoms. The summed E-state index contributed by atoms with van der Waals surface area (Å²) in [5.41, 5.74) is 1.97. The lowest BCUT2D eigenvalue weighted by atomic mass is 10.2. The number of hydrogen-bond donors (Lipinski definition) is 1. The summed E-state index contributed by atoms with van der Waals surface area (Å²) in [6, 6.07) is 9.50. The van der Waals surface area contributed by atoms with Gasteiger partial charge in [-0.15, -0.1) is 11.3 Å². The number of ether oxygens (including phenoxy) is 1. The number of carbonyl (C=O) groups is 2. The number of amides is 1. The number of esters is 1. The predicted octanol–water partition coefficient (Wildman–Crippen LogP) is 3.18. The third-order valence-corrected chi connectivity index (χ3v) is 5.10. The molecule has 7 nitrogen and oxygen atoms in total. The van der Waals surface area contributed by atoms with E-state index in [1.807, 2.05) is 31.2 Å². The molecule has 8 heteroatoms. The molecule has 0 fully saturated rings. The lowest BCUT2D eigenvalue weighted by Gasteiger charge is -2.20. The smallest absolute Gasteiger partial charge is 0.359 e. The summed E-state index contributed by atoms with van der Waals surface area (Å²) in [5.74, 6) is -0.894. The number of aromatic nitrogens is 3. The number of H-pyrrole nitrogens is 1. The molecule has 0 saturated heterocycles. The van der Waals surface area contributed by atoms with Crippen molar-refractivity contribution >= 4 is 33.4 Å². The van der Waals surface area contributed by atoms with Crippen LogP contribution in [-0.2, 0) is 22.5 Å². The molecule has 0 aliphatic carbocycles. The van der Waals surface area contributed by atoms with E-state index >= 15 is 0 Å². The molecule has 1 unspecified atom stereocenters. The molecule has 2 heterocycles. The largest absolute Gasteiger partial charge is 0.448 e. The topological polar surface area (TPSA) is 88.2 Å². The van der Waals surface area contributed by atoms with E-state index in [4.69, 9.17) is 4.74 Å². The normalized spacial score (nSPS) is 12.1. The summed E-state index contributed by atoms with van der Waals surface area (Å²) < 4.78 is 6.36. The summed E-state index contributed by atoms with van der Waals surface area (Å²) in [6.07, 6.45) is 0.852. The average molecular weight is 386 g/mol. The van der Waals surface area contributed by atoms with E-state index in [0.717, 1.165) is 33.8 Å². The van der Waals surface area contributed by atoms with Crippen LogP contribution in [0, 0.1) is 0 Å². The number of nitrogens with one attached hydrogen (secondary N) is 1. The zero-order valence-corrected chi connectivity index (χ0v) is 16.4. The van der Waals surface area contributed by atoms with Crippen molar-refractivity contribution in [2.75, 3.05) is 7.05 Å². The van der Waals surface area contributed by atoms with Crippen LogP contribution in [0.2, 0.25) is 0 Å². The number of benzene rings is 1. The van der Waals surface area contributed by atoms with Gasteiger partial charge in [0.05, 0.1) is 16.8 Å². The lowest BCUT2D eigenvalue weighted by molar-refractivity contribution is -0.139. The Labute approximate surface area is 161 Å². The number of para-hydroxylation sites is 1. The maximum atomic E-state index is 12.5. The molecule has 0 saturated carbocycles. The number of fused-ring (bicyclic) bond motifs is 1. The predicted molar refractivity (Wildman–Crippen MR) is 104 cm³/mol. The number of aryl methyl sites for hydroxylation is 1. The van der Waals surface area contributed by atoms with Gasteiger partial charge in [0.25, 0.3) is 5.91 Å². The quantitative estimate of drug-likeness (QED) is 0.630. The number of hydrogen-bond acceptors (Lipinski definition) is 6. The van der Waals surface area contributed by atoms with Gasteiger partial charge in [0.2, 0.25) is 0 Å². The van der Waals surface area contributed by atoms with Crippen molar-refractivity contribution in [2.45, 2.75) is 39.3 Å². The molecule has 3 rings (SSSR count). The van der Waals surface area contributed by atoms with Crippen molar-refractivity contribution in [1.29, 1.82) is 0 Å². The van der Waals surface area contributed by atoms with E-state index in [1.165, 1.54) is 4.90 Å². The molecule has 0 aliphatic rings. The molecule has 0 radical (unpaired) electrons. The molecule has 1 atom stereocenters. The molecule has 2 aromatic heterocycles. The van der Waals surface area contributed by atoms with Gasteiger partial charge >= 0.3 is 5.97 Å². The van der Waals surface area contributed by atoms with E-state index in [9.17, 15) is 9.59 Å². The Morgan fingerprint density at radius 2 is 2.11 bits per heavy atom. The SMILES string of the molecule is CCCc1cc(C(=O)OC(C)C(=O)N(C)Cc2nc3ccccc3s2)n[nH]1. The van der Waals surface area contributed by atoms with E-state index in [1.54, 1.807) is 31.4 Å². The first kappa shape index (κ1) is 19.0. The molecule has 1 N–H and O–H groups in total. The molecule has 3 aromatic rings.